The van der Waals surface area contributed by atoms with Crippen molar-refractivity contribution in [2.75, 3.05) is 5.32 Å². The first kappa shape index (κ1) is 17.6. The van der Waals surface area contributed by atoms with Crippen LogP contribution in [-0.4, -0.2) is 10.5 Å². The third kappa shape index (κ3) is 3.72. The summed E-state index contributed by atoms with van der Waals surface area (Å²) in [5.41, 5.74) is 3.50. The largest absolute Gasteiger partial charge is 0.419 e. The molecule has 0 spiro atoms. The Bertz CT molecular complexity index is 998. The Morgan fingerprint density at radius 3 is 2.68 bits per heavy atom. The van der Waals surface area contributed by atoms with Crippen LogP contribution in [0.2, 0.25) is 10.0 Å². The summed E-state index contributed by atoms with van der Waals surface area (Å²) in [7, 11) is 0. The number of anilines is 1. The molecule has 7 heteroatoms. The maximum absolute atomic E-state index is 12.3. The molecule has 0 fully saturated rings. The highest BCUT2D eigenvalue weighted by Crippen LogP contribution is 2.27. The second kappa shape index (κ2) is 6.94. The van der Waals surface area contributed by atoms with Crippen molar-refractivity contribution in [1.29, 1.82) is 0 Å². The number of carbonyl (C=O) groups is 1. The highest BCUT2D eigenvalue weighted by atomic mass is 35.5. The first-order valence-electron chi connectivity index (χ1n) is 7.70. The highest BCUT2D eigenvalue weighted by Gasteiger charge is 2.13. The van der Waals surface area contributed by atoms with Crippen molar-refractivity contribution in [1.82, 2.24) is 4.57 Å². The van der Waals surface area contributed by atoms with Gasteiger partial charge in [0.15, 0.2) is 5.58 Å². The van der Waals surface area contributed by atoms with Gasteiger partial charge in [0.25, 0.3) is 0 Å². The molecule has 2 aromatic carbocycles. The number of nitrogens with one attached hydrogen (secondary N) is 1. The lowest BCUT2D eigenvalue weighted by molar-refractivity contribution is -0.116. The number of oxazole rings is 1. The van der Waals surface area contributed by atoms with E-state index in [0.29, 0.717) is 26.8 Å². The predicted octanol–water partition coefficient (Wildman–Crippen LogP) is 4.55. The number of aromatic nitrogens is 1. The van der Waals surface area contributed by atoms with Crippen LogP contribution in [0, 0.1) is 13.8 Å². The lowest BCUT2D eigenvalue weighted by atomic mass is 10.1. The van der Waals surface area contributed by atoms with Crippen LogP contribution in [0.15, 0.2) is 39.5 Å². The van der Waals surface area contributed by atoms with Crippen LogP contribution < -0.4 is 11.1 Å². The molecule has 0 unspecified atom stereocenters. The van der Waals surface area contributed by atoms with Crippen LogP contribution in [0.4, 0.5) is 5.69 Å². The van der Waals surface area contributed by atoms with Crippen molar-refractivity contribution in [3.05, 3.63) is 62.1 Å². The van der Waals surface area contributed by atoms with E-state index < -0.39 is 5.76 Å². The lowest BCUT2D eigenvalue weighted by Crippen LogP contribution is -2.20. The van der Waals surface area contributed by atoms with Gasteiger partial charge in [-0.05, 0) is 43.2 Å². The number of halogens is 2. The van der Waals surface area contributed by atoms with Gasteiger partial charge in [0.1, 0.15) is 0 Å². The summed E-state index contributed by atoms with van der Waals surface area (Å²) in [6.45, 7) is 4.02. The minimum Gasteiger partial charge on any atom is -0.408 e. The Labute approximate surface area is 154 Å². The number of benzene rings is 2. The molecule has 1 aromatic heterocycles. The summed E-state index contributed by atoms with van der Waals surface area (Å²) in [5.74, 6) is -0.751. The van der Waals surface area contributed by atoms with Gasteiger partial charge in [-0.15, -0.1) is 0 Å². The Hall–Kier alpha value is -2.24. The number of hydrogen-bond donors (Lipinski definition) is 1. The third-order valence-electron chi connectivity index (χ3n) is 3.89. The molecule has 3 aromatic rings. The molecule has 1 amide bonds. The quantitative estimate of drug-likeness (QED) is 0.724. The van der Waals surface area contributed by atoms with Gasteiger partial charge in [0.2, 0.25) is 5.91 Å². The molecule has 0 saturated heterocycles. The number of hydrogen-bond acceptors (Lipinski definition) is 3. The van der Waals surface area contributed by atoms with Crippen LogP contribution in [0.5, 0.6) is 0 Å². The van der Waals surface area contributed by atoms with Crippen molar-refractivity contribution < 1.29 is 9.21 Å². The van der Waals surface area contributed by atoms with Gasteiger partial charge < -0.3 is 9.73 Å². The molecular weight excluding hydrogens is 363 g/mol. The second-order valence-electron chi connectivity index (χ2n) is 5.87. The molecule has 0 aliphatic rings. The first-order valence-corrected chi connectivity index (χ1v) is 8.46. The van der Waals surface area contributed by atoms with Crippen molar-refractivity contribution in [2.24, 2.45) is 0 Å². The summed E-state index contributed by atoms with van der Waals surface area (Å²) < 4.78 is 6.56. The lowest BCUT2D eigenvalue weighted by Gasteiger charge is -2.11. The van der Waals surface area contributed by atoms with E-state index >= 15 is 0 Å². The molecule has 0 aliphatic heterocycles. The first-order chi connectivity index (χ1) is 11.8. The molecule has 130 valence electrons. The number of nitrogens with zero attached hydrogens (tertiary/aromatic N) is 1. The molecular formula is C18H16Cl2N2O3. The molecule has 0 atom stereocenters. The van der Waals surface area contributed by atoms with Crippen LogP contribution in [0.3, 0.4) is 0 Å². The van der Waals surface area contributed by atoms with Gasteiger partial charge in [0, 0.05) is 24.1 Å². The Kier molecular flexibility index (Phi) is 4.88. The number of rotatable bonds is 4. The van der Waals surface area contributed by atoms with Gasteiger partial charge in [0.05, 0.1) is 16.2 Å². The number of aryl methyl sites for hydroxylation is 3. The maximum atomic E-state index is 12.3. The predicted molar refractivity (Wildman–Crippen MR) is 99.7 cm³/mol. The molecule has 1 heterocycles. The van der Waals surface area contributed by atoms with Gasteiger partial charge >= 0.3 is 5.76 Å². The minimum atomic E-state index is -0.519. The van der Waals surface area contributed by atoms with Crippen molar-refractivity contribution in [2.45, 2.75) is 26.8 Å². The maximum Gasteiger partial charge on any atom is 0.419 e. The van der Waals surface area contributed by atoms with E-state index in [1.165, 1.54) is 4.57 Å². The summed E-state index contributed by atoms with van der Waals surface area (Å²) in [6, 6.07) is 8.68. The molecule has 1 N–H and O–H groups in total. The van der Waals surface area contributed by atoms with E-state index in [-0.39, 0.29) is 18.9 Å². The Balaban J connectivity index is 1.75. The zero-order valence-corrected chi connectivity index (χ0v) is 15.2. The number of carbonyl (C=O) groups excluding carboxylic acids is 1. The van der Waals surface area contributed by atoms with E-state index in [9.17, 15) is 9.59 Å². The van der Waals surface area contributed by atoms with E-state index in [1.54, 1.807) is 24.3 Å². The fourth-order valence-electron chi connectivity index (χ4n) is 2.74. The molecule has 0 bridgehead atoms. The number of amides is 1. The van der Waals surface area contributed by atoms with Crippen LogP contribution >= 0.6 is 23.2 Å². The zero-order valence-electron chi connectivity index (χ0n) is 13.7. The van der Waals surface area contributed by atoms with Crippen LogP contribution in [0.25, 0.3) is 11.1 Å². The van der Waals surface area contributed by atoms with Gasteiger partial charge in [-0.2, -0.15) is 0 Å². The van der Waals surface area contributed by atoms with E-state index in [1.807, 2.05) is 19.9 Å². The molecule has 25 heavy (non-hydrogen) atoms. The van der Waals surface area contributed by atoms with E-state index in [0.717, 1.165) is 11.1 Å². The van der Waals surface area contributed by atoms with Crippen LogP contribution in [0.1, 0.15) is 17.5 Å². The number of fused-ring (bicyclic) bond motifs is 1. The smallest absolute Gasteiger partial charge is 0.408 e. The third-order valence-corrected chi connectivity index (χ3v) is 4.42. The summed E-state index contributed by atoms with van der Waals surface area (Å²) in [4.78, 5) is 24.2. The average molecular weight is 379 g/mol. The van der Waals surface area contributed by atoms with Crippen molar-refractivity contribution >= 4 is 45.9 Å². The molecule has 5 nitrogen and oxygen atoms in total. The van der Waals surface area contributed by atoms with Crippen LogP contribution in [-0.2, 0) is 11.3 Å². The van der Waals surface area contributed by atoms with Gasteiger partial charge in [-0.1, -0.05) is 29.3 Å². The summed E-state index contributed by atoms with van der Waals surface area (Å²) >= 11 is 12.1. The van der Waals surface area contributed by atoms with E-state index in [4.69, 9.17) is 27.6 Å². The SMILES string of the molecule is Cc1cc(C)c(NC(=O)CCn2c(=O)oc3cc(Cl)ccc32)c(Cl)c1. The normalized spacial score (nSPS) is 11.0. The second-order valence-corrected chi connectivity index (χ2v) is 6.71. The summed E-state index contributed by atoms with van der Waals surface area (Å²) in [5, 5.41) is 3.78. The summed E-state index contributed by atoms with van der Waals surface area (Å²) in [6.07, 6.45) is 0.112. The molecule has 0 radical (unpaired) electrons. The van der Waals surface area contributed by atoms with Gasteiger partial charge in [-0.25, -0.2) is 4.79 Å². The zero-order chi connectivity index (χ0) is 18.1. The highest BCUT2D eigenvalue weighted by molar-refractivity contribution is 6.34. The van der Waals surface area contributed by atoms with Gasteiger partial charge in [-0.3, -0.25) is 9.36 Å². The monoisotopic (exact) mass is 378 g/mol. The average Bonchev–Trinajstić information content (AvgIpc) is 2.83. The minimum absolute atomic E-state index is 0.112. The molecule has 0 aliphatic carbocycles. The fraction of sp³-hybridized carbons (Fsp3) is 0.222. The van der Waals surface area contributed by atoms with Crippen molar-refractivity contribution in [3.8, 4) is 0 Å². The fourth-order valence-corrected chi connectivity index (χ4v) is 3.27. The molecule has 0 saturated carbocycles. The standard InChI is InChI=1S/C18H16Cl2N2O3/c1-10-7-11(2)17(13(20)8-10)21-16(23)5-6-22-14-4-3-12(19)9-15(14)25-18(22)24/h3-4,7-9H,5-6H2,1-2H3,(H,21,23). The molecule has 3 rings (SSSR count). The Morgan fingerprint density at radius 2 is 1.96 bits per heavy atom. The van der Waals surface area contributed by atoms with E-state index in [2.05, 4.69) is 5.32 Å². The Morgan fingerprint density at radius 1 is 1.20 bits per heavy atom. The topological polar surface area (TPSA) is 64.2 Å². The van der Waals surface area contributed by atoms with Crippen molar-refractivity contribution in [3.63, 3.8) is 0 Å².